The van der Waals surface area contributed by atoms with E-state index in [2.05, 4.69) is 9.46 Å². The first-order valence-corrected chi connectivity index (χ1v) is 10.2. The Morgan fingerprint density at radius 1 is 1.14 bits per heavy atom. The van der Waals surface area contributed by atoms with Crippen LogP contribution in [0.5, 0.6) is 5.75 Å². The van der Waals surface area contributed by atoms with Crippen LogP contribution < -0.4 is 9.46 Å². The maximum atomic E-state index is 12.2. The molecule has 0 aliphatic carbocycles. The van der Waals surface area contributed by atoms with Gasteiger partial charge < -0.3 is 14.3 Å². The lowest BCUT2D eigenvalue weighted by molar-refractivity contribution is -0.274. The highest BCUT2D eigenvalue weighted by Gasteiger charge is 2.31. The topological polar surface area (TPSA) is 88.8 Å². The lowest BCUT2D eigenvalue weighted by Gasteiger charge is -2.12. The summed E-state index contributed by atoms with van der Waals surface area (Å²) in [5.41, 5.74) is 0.838. The molecule has 2 heterocycles. The Labute approximate surface area is 162 Å². The number of aliphatic hydroxyl groups excluding tert-OH is 1. The molecular formula is C17H14F3NO5S2. The molecule has 3 rings (SSSR count). The molecule has 0 aliphatic heterocycles. The normalized spacial score (nSPS) is 13.4. The van der Waals surface area contributed by atoms with Gasteiger partial charge in [-0.05, 0) is 47.8 Å². The number of furan rings is 1. The Morgan fingerprint density at radius 3 is 2.46 bits per heavy atom. The van der Waals surface area contributed by atoms with Gasteiger partial charge in [0.25, 0.3) is 0 Å². The number of hydrogen-bond donors (Lipinski definition) is 2. The molecule has 0 aliphatic rings. The molecule has 0 bridgehead atoms. The quantitative estimate of drug-likeness (QED) is 0.590. The molecule has 1 atom stereocenters. The van der Waals surface area contributed by atoms with Crippen LogP contribution in [-0.2, 0) is 10.0 Å². The fourth-order valence-corrected chi connectivity index (χ4v) is 3.97. The number of halogens is 3. The third-order valence-corrected chi connectivity index (χ3v) is 5.72. The molecule has 1 unspecified atom stereocenters. The van der Waals surface area contributed by atoms with E-state index in [1.807, 2.05) is 16.8 Å². The molecule has 28 heavy (non-hydrogen) atoms. The van der Waals surface area contributed by atoms with Crippen LogP contribution in [0.25, 0.3) is 11.3 Å². The molecule has 6 nitrogen and oxygen atoms in total. The molecule has 2 N–H and O–H groups in total. The summed E-state index contributed by atoms with van der Waals surface area (Å²) in [6, 6.07) is 8.75. The number of benzene rings is 1. The molecule has 0 saturated carbocycles. The first-order chi connectivity index (χ1) is 13.1. The second kappa shape index (κ2) is 7.95. The molecule has 150 valence electrons. The Bertz CT molecular complexity index is 1010. The van der Waals surface area contributed by atoms with Crippen molar-refractivity contribution in [3.63, 3.8) is 0 Å². The van der Waals surface area contributed by atoms with E-state index in [-0.39, 0.29) is 17.2 Å². The number of thiophene rings is 1. The summed E-state index contributed by atoms with van der Waals surface area (Å²) in [5.74, 6) is 0.180. The SMILES string of the molecule is O=S(=O)(NCC(O)c1ccc(-c2ccsc2)o1)c1ccc(OC(F)(F)F)cc1. The van der Waals surface area contributed by atoms with E-state index in [1.165, 1.54) is 17.4 Å². The highest BCUT2D eigenvalue weighted by Crippen LogP contribution is 2.27. The van der Waals surface area contributed by atoms with Gasteiger partial charge in [-0.1, -0.05) is 0 Å². The minimum Gasteiger partial charge on any atom is -0.458 e. The summed E-state index contributed by atoms with van der Waals surface area (Å²) in [6.07, 6.45) is -6.11. The van der Waals surface area contributed by atoms with E-state index in [0.29, 0.717) is 5.76 Å². The highest BCUT2D eigenvalue weighted by molar-refractivity contribution is 7.89. The van der Waals surface area contributed by atoms with Gasteiger partial charge >= 0.3 is 6.36 Å². The second-order valence-electron chi connectivity index (χ2n) is 5.60. The number of hydrogen-bond acceptors (Lipinski definition) is 6. The van der Waals surface area contributed by atoms with Crippen molar-refractivity contribution in [3.8, 4) is 17.1 Å². The van der Waals surface area contributed by atoms with E-state index in [0.717, 1.165) is 29.8 Å². The van der Waals surface area contributed by atoms with Crippen molar-refractivity contribution in [2.75, 3.05) is 6.54 Å². The van der Waals surface area contributed by atoms with Crippen molar-refractivity contribution >= 4 is 21.4 Å². The molecule has 0 fully saturated rings. The molecule has 0 amide bonds. The van der Waals surface area contributed by atoms with Crippen molar-refractivity contribution < 1.29 is 35.8 Å². The monoisotopic (exact) mass is 433 g/mol. The Morgan fingerprint density at radius 2 is 1.86 bits per heavy atom. The number of aliphatic hydroxyl groups is 1. The van der Waals surface area contributed by atoms with Gasteiger partial charge in [0, 0.05) is 17.5 Å². The Balaban J connectivity index is 1.63. The molecule has 1 aromatic carbocycles. The summed E-state index contributed by atoms with van der Waals surface area (Å²) < 4.78 is 72.3. The van der Waals surface area contributed by atoms with Crippen LogP contribution in [0, 0.1) is 0 Å². The van der Waals surface area contributed by atoms with E-state index in [4.69, 9.17) is 4.42 Å². The summed E-state index contributed by atoms with van der Waals surface area (Å²) in [6.45, 7) is -0.375. The summed E-state index contributed by atoms with van der Waals surface area (Å²) in [5, 5.41) is 13.9. The van der Waals surface area contributed by atoms with Gasteiger partial charge in [0.2, 0.25) is 10.0 Å². The first kappa shape index (κ1) is 20.4. The van der Waals surface area contributed by atoms with Gasteiger partial charge in [-0.25, -0.2) is 13.1 Å². The third-order valence-electron chi connectivity index (χ3n) is 3.60. The van der Waals surface area contributed by atoms with Crippen molar-refractivity contribution in [2.24, 2.45) is 0 Å². The zero-order valence-corrected chi connectivity index (χ0v) is 15.6. The summed E-state index contributed by atoms with van der Waals surface area (Å²) >= 11 is 1.48. The average Bonchev–Trinajstić information content (AvgIpc) is 3.30. The number of nitrogens with one attached hydrogen (secondary N) is 1. The molecule has 3 aromatic rings. The zero-order chi connectivity index (χ0) is 20.4. The number of ether oxygens (including phenoxy) is 1. The Hall–Kier alpha value is -2.34. The van der Waals surface area contributed by atoms with Gasteiger partial charge in [-0.15, -0.1) is 13.2 Å². The number of alkyl halides is 3. The molecule has 2 aromatic heterocycles. The highest BCUT2D eigenvalue weighted by atomic mass is 32.2. The lowest BCUT2D eigenvalue weighted by Crippen LogP contribution is -2.28. The van der Waals surface area contributed by atoms with Crippen molar-refractivity contribution in [1.29, 1.82) is 0 Å². The minimum absolute atomic E-state index is 0.179. The van der Waals surface area contributed by atoms with Gasteiger partial charge in [0.15, 0.2) is 0 Å². The molecule has 0 saturated heterocycles. The molecular weight excluding hydrogens is 419 g/mol. The molecule has 11 heteroatoms. The van der Waals surface area contributed by atoms with E-state index in [1.54, 1.807) is 6.07 Å². The van der Waals surface area contributed by atoms with E-state index < -0.39 is 28.2 Å². The summed E-state index contributed by atoms with van der Waals surface area (Å²) in [4.78, 5) is -0.271. The number of rotatable bonds is 7. The van der Waals surface area contributed by atoms with E-state index in [9.17, 15) is 26.7 Å². The van der Waals surface area contributed by atoms with Gasteiger partial charge in [-0.2, -0.15) is 11.3 Å². The first-order valence-electron chi connectivity index (χ1n) is 7.80. The predicted octanol–water partition coefficient (Wildman–Crippen LogP) is 3.92. The Kier molecular flexibility index (Phi) is 5.79. The van der Waals surface area contributed by atoms with Crippen LogP contribution in [0.4, 0.5) is 13.2 Å². The van der Waals surface area contributed by atoms with Crippen LogP contribution in [0.3, 0.4) is 0 Å². The van der Waals surface area contributed by atoms with Crippen molar-refractivity contribution in [1.82, 2.24) is 4.72 Å². The van der Waals surface area contributed by atoms with Crippen molar-refractivity contribution in [2.45, 2.75) is 17.4 Å². The maximum absolute atomic E-state index is 12.2. The molecule has 0 spiro atoms. The van der Waals surface area contributed by atoms with Crippen LogP contribution >= 0.6 is 11.3 Å². The second-order valence-corrected chi connectivity index (χ2v) is 8.15. The van der Waals surface area contributed by atoms with E-state index >= 15 is 0 Å². The number of sulfonamides is 1. The van der Waals surface area contributed by atoms with Crippen LogP contribution in [-0.4, -0.2) is 26.4 Å². The third kappa shape index (κ3) is 5.13. The molecule has 0 radical (unpaired) electrons. The van der Waals surface area contributed by atoms with Crippen molar-refractivity contribution in [3.05, 3.63) is 59.0 Å². The van der Waals surface area contributed by atoms with Gasteiger partial charge in [0.1, 0.15) is 23.4 Å². The average molecular weight is 433 g/mol. The largest absolute Gasteiger partial charge is 0.573 e. The maximum Gasteiger partial charge on any atom is 0.573 e. The smallest absolute Gasteiger partial charge is 0.458 e. The fourth-order valence-electron chi connectivity index (χ4n) is 2.28. The van der Waals surface area contributed by atoms with Gasteiger partial charge in [-0.3, -0.25) is 0 Å². The summed E-state index contributed by atoms with van der Waals surface area (Å²) in [7, 11) is -4.05. The van der Waals surface area contributed by atoms with Crippen LogP contribution in [0.1, 0.15) is 11.9 Å². The standard InChI is InChI=1S/C17H14F3NO5S2/c18-17(19,20)26-12-1-3-13(4-2-12)28(23,24)21-9-14(22)16-6-5-15(25-16)11-7-8-27-10-11/h1-8,10,14,21-22H,9H2. The lowest BCUT2D eigenvalue weighted by atomic mass is 10.2. The fraction of sp³-hybridized carbons (Fsp3) is 0.176. The zero-order valence-electron chi connectivity index (χ0n) is 14.0. The van der Waals surface area contributed by atoms with Crippen LogP contribution in [0.15, 0.2) is 62.5 Å². The predicted molar refractivity (Wildman–Crippen MR) is 95.3 cm³/mol. The van der Waals surface area contributed by atoms with Gasteiger partial charge in [0.05, 0.1) is 4.90 Å². The minimum atomic E-state index is -4.87. The van der Waals surface area contributed by atoms with Crippen LogP contribution in [0.2, 0.25) is 0 Å².